The summed E-state index contributed by atoms with van der Waals surface area (Å²) in [7, 11) is 0. The normalized spacial score (nSPS) is 11.3. The number of nitrogens with one attached hydrogen (secondary N) is 1. The molecule has 0 atom stereocenters. The number of amides is 1. The van der Waals surface area contributed by atoms with Gasteiger partial charge in [0.2, 0.25) is 5.91 Å². The van der Waals surface area contributed by atoms with Crippen LogP contribution in [-0.4, -0.2) is 11.4 Å². The van der Waals surface area contributed by atoms with Gasteiger partial charge in [-0.2, -0.15) is 0 Å². The molecule has 0 spiro atoms. The molecule has 3 nitrogen and oxygen atoms in total. The van der Waals surface area contributed by atoms with Crippen LogP contribution in [0.3, 0.4) is 0 Å². The van der Waals surface area contributed by atoms with Gasteiger partial charge in [-0.15, -0.1) is 0 Å². The number of aryl methyl sites for hydroxylation is 1. The van der Waals surface area contributed by atoms with Crippen molar-refractivity contribution in [3.8, 4) is 0 Å². The Morgan fingerprint density at radius 2 is 2.00 bits per heavy atom. The first-order chi connectivity index (χ1) is 6.79. The number of carbonyl (C=O) groups is 1. The highest BCUT2D eigenvalue weighted by Gasteiger charge is 2.21. The van der Waals surface area contributed by atoms with E-state index in [1.165, 1.54) is 12.1 Å². The van der Waals surface area contributed by atoms with Crippen molar-refractivity contribution < 1.29 is 9.18 Å². The van der Waals surface area contributed by atoms with Crippen LogP contribution in [0.2, 0.25) is 0 Å². The monoisotopic (exact) mass is 210 g/mol. The third-order valence-electron chi connectivity index (χ3n) is 1.89. The summed E-state index contributed by atoms with van der Waals surface area (Å²) in [5, 5.41) is 2.56. The lowest BCUT2D eigenvalue weighted by molar-refractivity contribution is -0.120. The SMILES string of the molecule is Cc1cc(F)cc(NC(=O)C(C)(C)N)c1. The van der Waals surface area contributed by atoms with Crippen molar-refractivity contribution in [2.75, 3.05) is 5.32 Å². The molecule has 0 aromatic heterocycles. The second-order valence-electron chi connectivity index (χ2n) is 4.19. The molecule has 15 heavy (non-hydrogen) atoms. The van der Waals surface area contributed by atoms with E-state index in [1.54, 1.807) is 26.8 Å². The lowest BCUT2D eigenvalue weighted by Crippen LogP contribution is -2.45. The quantitative estimate of drug-likeness (QED) is 0.782. The van der Waals surface area contributed by atoms with Gasteiger partial charge < -0.3 is 11.1 Å². The van der Waals surface area contributed by atoms with Gasteiger partial charge in [0, 0.05) is 5.69 Å². The van der Waals surface area contributed by atoms with Gasteiger partial charge in [0.1, 0.15) is 5.82 Å². The number of halogens is 1. The molecule has 3 N–H and O–H groups in total. The molecule has 0 radical (unpaired) electrons. The highest BCUT2D eigenvalue weighted by Crippen LogP contribution is 2.14. The van der Waals surface area contributed by atoms with Crippen molar-refractivity contribution in [1.29, 1.82) is 0 Å². The maximum Gasteiger partial charge on any atom is 0.243 e. The molecule has 0 aliphatic rings. The first-order valence-electron chi connectivity index (χ1n) is 4.66. The summed E-state index contributed by atoms with van der Waals surface area (Å²) in [5.41, 5.74) is 5.80. The number of benzene rings is 1. The number of hydrogen-bond donors (Lipinski definition) is 2. The molecular formula is C11H15FN2O. The van der Waals surface area contributed by atoms with Crippen LogP contribution in [-0.2, 0) is 4.79 Å². The fourth-order valence-corrected chi connectivity index (χ4v) is 1.10. The van der Waals surface area contributed by atoms with E-state index >= 15 is 0 Å². The van der Waals surface area contributed by atoms with Crippen molar-refractivity contribution in [3.63, 3.8) is 0 Å². The second kappa shape index (κ2) is 3.98. The highest BCUT2D eigenvalue weighted by molar-refractivity contribution is 5.97. The van der Waals surface area contributed by atoms with Crippen LogP contribution in [0.4, 0.5) is 10.1 Å². The molecule has 1 amide bonds. The van der Waals surface area contributed by atoms with Gasteiger partial charge in [-0.3, -0.25) is 4.79 Å². The van der Waals surface area contributed by atoms with E-state index in [9.17, 15) is 9.18 Å². The van der Waals surface area contributed by atoms with E-state index in [0.29, 0.717) is 5.69 Å². The smallest absolute Gasteiger partial charge is 0.243 e. The van der Waals surface area contributed by atoms with E-state index in [0.717, 1.165) is 5.56 Å². The van der Waals surface area contributed by atoms with Gasteiger partial charge in [-0.1, -0.05) is 0 Å². The molecule has 0 aliphatic carbocycles. The van der Waals surface area contributed by atoms with E-state index in [-0.39, 0.29) is 11.7 Å². The number of nitrogens with two attached hydrogens (primary N) is 1. The zero-order chi connectivity index (χ0) is 11.6. The summed E-state index contributed by atoms with van der Waals surface area (Å²) in [4.78, 5) is 11.5. The second-order valence-corrected chi connectivity index (χ2v) is 4.19. The number of hydrogen-bond acceptors (Lipinski definition) is 2. The molecule has 0 saturated heterocycles. The average Bonchev–Trinajstić information content (AvgIpc) is 1.99. The summed E-state index contributed by atoms with van der Waals surface area (Å²) < 4.78 is 13.0. The first-order valence-corrected chi connectivity index (χ1v) is 4.66. The summed E-state index contributed by atoms with van der Waals surface area (Å²) in [5.74, 6) is -0.715. The Hall–Kier alpha value is -1.42. The van der Waals surface area contributed by atoms with Crippen LogP contribution in [0, 0.1) is 12.7 Å². The Bertz CT molecular complexity index is 362. The Morgan fingerprint density at radius 1 is 1.40 bits per heavy atom. The average molecular weight is 210 g/mol. The van der Waals surface area contributed by atoms with Crippen LogP contribution < -0.4 is 11.1 Å². The minimum absolute atomic E-state index is 0.340. The van der Waals surface area contributed by atoms with Crippen molar-refractivity contribution >= 4 is 11.6 Å². The van der Waals surface area contributed by atoms with Crippen LogP contribution >= 0.6 is 0 Å². The Labute approximate surface area is 88.5 Å². The standard InChI is InChI=1S/C11H15FN2O/c1-7-4-8(12)6-9(5-7)14-10(15)11(2,3)13/h4-6H,13H2,1-3H3,(H,14,15). The van der Waals surface area contributed by atoms with Gasteiger partial charge in [0.15, 0.2) is 0 Å². The maximum absolute atomic E-state index is 13.0. The van der Waals surface area contributed by atoms with Crippen LogP contribution in [0.25, 0.3) is 0 Å². The Morgan fingerprint density at radius 3 is 2.47 bits per heavy atom. The fraction of sp³-hybridized carbons (Fsp3) is 0.364. The molecular weight excluding hydrogens is 195 g/mol. The largest absolute Gasteiger partial charge is 0.324 e. The minimum Gasteiger partial charge on any atom is -0.324 e. The number of anilines is 1. The van der Waals surface area contributed by atoms with Crippen molar-refractivity contribution in [2.24, 2.45) is 5.73 Å². The number of rotatable bonds is 2. The predicted octanol–water partition coefficient (Wildman–Crippen LogP) is 1.81. The van der Waals surface area contributed by atoms with E-state index in [2.05, 4.69) is 5.32 Å². The van der Waals surface area contributed by atoms with Crippen molar-refractivity contribution in [3.05, 3.63) is 29.6 Å². The third-order valence-corrected chi connectivity index (χ3v) is 1.89. The van der Waals surface area contributed by atoms with E-state index < -0.39 is 5.54 Å². The molecule has 0 saturated carbocycles. The van der Waals surface area contributed by atoms with Crippen molar-refractivity contribution in [2.45, 2.75) is 26.3 Å². The van der Waals surface area contributed by atoms with Gasteiger partial charge in [0.05, 0.1) is 5.54 Å². The minimum atomic E-state index is -0.972. The van der Waals surface area contributed by atoms with Crippen LogP contribution in [0.1, 0.15) is 19.4 Å². The van der Waals surface area contributed by atoms with E-state index in [1.807, 2.05) is 0 Å². The zero-order valence-electron chi connectivity index (χ0n) is 9.10. The third kappa shape index (κ3) is 3.32. The van der Waals surface area contributed by atoms with Gasteiger partial charge in [-0.05, 0) is 44.5 Å². The Kier molecular flexibility index (Phi) is 3.09. The molecule has 1 aromatic rings. The highest BCUT2D eigenvalue weighted by atomic mass is 19.1. The zero-order valence-corrected chi connectivity index (χ0v) is 9.10. The van der Waals surface area contributed by atoms with Gasteiger partial charge in [-0.25, -0.2) is 4.39 Å². The van der Waals surface area contributed by atoms with Crippen LogP contribution in [0.15, 0.2) is 18.2 Å². The number of carbonyl (C=O) groups excluding carboxylic acids is 1. The summed E-state index contributed by atoms with van der Waals surface area (Å²) in [6, 6.07) is 4.34. The molecule has 0 heterocycles. The molecule has 0 aliphatic heterocycles. The van der Waals surface area contributed by atoms with E-state index in [4.69, 9.17) is 5.73 Å². The molecule has 0 fully saturated rings. The van der Waals surface area contributed by atoms with Gasteiger partial charge in [0.25, 0.3) is 0 Å². The molecule has 0 bridgehead atoms. The molecule has 4 heteroatoms. The molecule has 82 valence electrons. The lowest BCUT2D eigenvalue weighted by Gasteiger charge is -2.17. The lowest BCUT2D eigenvalue weighted by atomic mass is 10.1. The molecule has 1 aromatic carbocycles. The fourth-order valence-electron chi connectivity index (χ4n) is 1.10. The summed E-state index contributed by atoms with van der Waals surface area (Å²) in [6.07, 6.45) is 0. The van der Waals surface area contributed by atoms with Crippen LogP contribution in [0.5, 0.6) is 0 Å². The summed E-state index contributed by atoms with van der Waals surface area (Å²) in [6.45, 7) is 4.94. The topological polar surface area (TPSA) is 55.1 Å². The molecule has 1 rings (SSSR count). The van der Waals surface area contributed by atoms with Crippen molar-refractivity contribution in [1.82, 2.24) is 0 Å². The molecule has 0 unspecified atom stereocenters. The first kappa shape index (κ1) is 11.7. The Balaban J connectivity index is 2.86. The predicted molar refractivity (Wildman–Crippen MR) is 58.0 cm³/mol. The summed E-state index contributed by atoms with van der Waals surface area (Å²) >= 11 is 0. The maximum atomic E-state index is 13.0. The van der Waals surface area contributed by atoms with Gasteiger partial charge >= 0.3 is 0 Å².